The van der Waals surface area contributed by atoms with E-state index in [1.165, 1.54) is 24.1 Å². The number of methoxy groups -OCH3 is 1. The van der Waals surface area contributed by atoms with Crippen molar-refractivity contribution in [3.05, 3.63) is 65.4 Å². The molecule has 170 valence electrons. The Morgan fingerprint density at radius 2 is 2.00 bits per heavy atom. The zero-order valence-electron chi connectivity index (χ0n) is 17.4. The summed E-state index contributed by atoms with van der Waals surface area (Å²) in [5.74, 6) is -2.73. The largest absolute Gasteiger partial charge is 0.573 e. The number of benzene rings is 1. The van der Waals surface area contributed by atoms with Gasteiger partial charge in [-0.15, -0.1) is 13.2 Å². The number of rotatable bonds is 7. The minimum atomic E-state index is -5.03. The van der Waals surface area contributed by atoms with Crippen molar-refractivity contribution in [2.45, 2.75) is 19.3 Å². The lowest BCUT2D eigenvalue weighted by Gasteiger charge is -2.20. The van der Waals surface area contributed by atoms with Crippen molar-refractivity contribution in [1.29, 1.82) is 0 Å². The second-order valence-corrected chi connectivity index (χ2v) is 6.91. The molecule has 0 bridgehead atoms. The lowest BCUT2D eigenvalue weighted by atomic mass is 10.1. The van der Waals surface area contributed by atoms with E-state index in [-0.39, 0.29) is 17.9 Å². The maximum atomic E-state index is 14.2. The highest BCUT2D eigenvalue weighted by Gasteiger charge is 2.32. The molecule has 0 aliphatic heterocycles. The quantitative estimate of drug-likeness (QED) is 0.550. The van der Waals surface area contributed by atoms with Crippen LogP contribution in [0.25, 0.3) is 11.3 Å². The predicted octanol–water partition coefficient (Wildman–Crippen LogP) is 3.95. The fourth-order valence-electron chi connectivity index (χ4n) is 3.14. The van der Waals surface area contributed by atoms with E-state index in [0.717, 1.165) is 17.8 Å². The van der Waals surface area contributed by atoms with Crippen molar-refractivity contribution in [3.8, 4) is 17.0 Å². The number of aryl methyl sites for hydroxylation is 2. The summed E-state index contributed by atoms with van der Waals surface area (Å²) >= 11 is 0. The van der Waals surface area contributed by atoms with E-state index >= 15 is 0 Å². The van der Waals surface area contributed by atoms with Gasteiger partial charge in [0.25, 0.3) is 5.91 Å². The standard InChI is InChI=1S/C21H20F4N4O3/c1-12-5-4-6-16(27-12)14-10-26-29(2)19(14)20(30)28-17(11-31-3)13-7-8-18(15(22)9-13)32-21(23,24)25/h4-10,17H,11H2,1-3H3,(H,28,30)/t17-/m1/s1. The van der Waals surface area contributed by atoms with Crippen LogP contribution in [0, 0.1) is 12.7 Å². The topological polar surface area (TPSA) is 78.3 Å². The van der Waals surface area contributed by atoms with Crippen LogP contribution in [0.5, 0.6) is 5.75 Å². The number of ether oxygens (including phenoxy) is 2. The van der Waals surface area contributed by atoms with E-state index in [1.54, 1.807) is 19.2 Å². The molecule has 0 aliphatic carbocycles. The zero-order valence-corrected chi connectivity index (χ0v) is 17.4. The number of carbonyl (C=O) groups is 1. The third kappa shape index (κ3) is 5.41. The Hall–Kier alpha value is -3.47. The molecule has 1 N–H and O–H groups in total. The maximum absolute atomic E-state index is 14.2. The highest BCUT2D eigenvalue weighted by atomic mass is 19.4. The van der Waals surface area contributed by atoms with Crippen molar-refractivity contribution < 1.29 is 31.8 Å². The van der Waals surface area contributed by atoms with Crippen LogP contribution in [0.3, 0.4) is 0 Å². The molecular formula is C21H20F4N4O3. The van der Waals surface area contributed by atoms with Crippen molar-refractivity contribution >= 4 is 5.91 Å². The number of pyridine rings is 1. The summed E-state index contributed by atoms with van der Waals surface area (Å²) in [6.45, 7) is 1.76. The Balaban J connectivity index is 1.89. The number of halogens is 4. The highest BCUT2D eigenvalue weighted by molar-refractivity contribution is 5.99. The second kappa shape index (κ2) is 9.35. The fourth-order valence-corrected chi connectivity index (χ4v) is 3.14. The first-order valence-corrected chi connectivity index (χ1v) is 9.40. The lowest BCUT2D eigenvalue weighted by Crippen LogP contribution is -2.33. The number of alkyl halides is 3. The molecule has 2 heterocycles. The minimum absolute atomic E-state index is 0.0550. The first kappa shape index (κ1) is 23.2. The van der Waals surface area contributed by atoms with Gasteiger partial charge < -0.3 is 14.8 Å². The first-order valence-electron chi connectivity index (χ1n) is 9.40. The lowest BCUT2D eigenvalue weighted by molar-refractivity contribution is -0.275. The number of carbonyl (C=O) groups excluding carboxylic acids is 1. The monoisotopic (exact) mass is 452 g/mol. The summed E-state index contributed by atoms with van der Waals surface area (Å²) in [4.78, 5) is 17.5. The molecule has 0 aliphatic rings. The molecule has 7 nitrogen and oxygen atoms in total. The first-order chi connectivity index (χ1) is 15.1. The molecule has 0 saturated carbocycles. The molecule has 0 spiro atoms. The Kier molecular flexibility index (Phi) is 6.78. The number of amides is 1. The van der Waals surface area contributed by atoms with Crippen LogP contribution in [0.2, 0.25) is 0 Å². The van der Waals surface area contributed by atoms with E-state index in [2.05, 4.69) is 20.1 Å². The van der Waals surface area contributed by atoms with Crippen molar-refractivity contribution in [2.75, 3.05) is 13.7 Å². The smallest absolute Gasteiger partial charge is 0.403 e. The number of nitrogens with zero attached hydrogens (tertiary/aromatic N) is 3. The fraction of sp³-hybridized carbons (Fsp3) is 0.286. The van der Waals surface area contributed by atoms with Crippen LogP contribution in [0.1, 0.15) is 27.8 Å². The molecule has 0 radical (unpaired) electrons. The van der Waals surface area contributed by atoms with Gasteiger partial charge in [-0.1, -0.05) is 12.1 Å². The van der Waals surface area contributed by atoms with Gasteiger partial charge in [0.05, 0.1) is 30.1 Å². The van der Waals surface area contributed by atoms with E-state index < -0.39 is 29.9 Å². The summed E-state index contributed by atoms with van der Waals surface area (Å²) in [7, 11) is 2.96. The molecule has 0 fully saturated rings. The van der Waals surface area contributed by atoms with E-state index in [0.29, 0.717) is 11.3 Å². The van der Waals surface area contributed by atoms with Crippen LogP contribution in [0.15, 0.2) is 42.6 Å². The molecule has 0 saturated heterocycles. The predicted molar refractivity (Wildman–Crippen MR) is 106 cm³/mol. The summed E-state index contributed by atoms with van der Waals surface area (Å²) in [6.07, 6.45) is -3.52. The van der Waals surface area contributed by atoms with Crippen LogP contribution in [-0.2, 0) is 11.8 Å². The second-order valence-electron chi connectivity index (χ2n) is 6.91. The van der Waals surface area contributed by atoms with Crippen molar-refractivity contribution in [2.24, 2.45) is 7.05 Å². The zero-order chi connectivity index (χ0) is 23.5. The van der Waals surface area contributed by atoms with Crippen LogP contribution in [0.4, 0.5) is 17.6 Å². The van der Waals surface area contributed by atoms with Gasteiger partial charge in [0.1, 0.15) is 5.69 Å². The van der Waals surface area contributed by atoms with Gasteiger partial charge in [-0.05, 0) is 36.8 Å². The average Bonchev–Trinajstić information content (AvgIpc) is 3.10. The van der Waals surface area contributed by atoms with Gasteiger partial charge in [0.2, 0.25) is 0 Å². The van der Waals surface area contributed by atoms with Crippen molar-refractivity contribution in [1.82, 2.24) is 20.1 Å². The number of hydrogen-bond donors (Lipinski definition) is 1. The summed E-state index contributed by atoms with van der Waals surface area (Å²) in [5.41, 5.74) is 2.20. The molecule has 3 rings (SSSR count). The third-order valence-electron chi connectivity index (χ3n) is 4.54. The van der Waals surface area contributed by atoms with Gasteiger partial charge in [0.15, 0.2) is 11.6 Å². The molecule has 3 aromatic rings. The Bertz CT molecular complexity index is 1110. The van der Waals surface area contributed by atoms with Gasteiger partial charge in [-0.25, -0.2) is 4.39 Å². The molecule has 1 atom stereocenters. The normalized spacial score (nSPS) is 12.5. The van der Waals surface area contributed by atoms with E-state index in [1.807, 2.05) is 13.0 Å². The SMILES string of the molecule is COC[C@@H](NC(=O)c1c(-c2cccc(C)n2)cnn1C)c1ccc(OC(F)(F)F)c(F)c1. The molecule has 2 aromatic heterocycles. The summed E-state index contributed by atoms with van der Waals surface area (Å²) in [5, 5.41) is 6.85. The van der Waals surface area contributed by atoms with Gasteiger partial charge in [-0.2, -0.15) is 5.10 Å². The Morgan fingerprint density at radius 1 is 1.25 bits per heavy atom. The molecule has 11 heteroatoms. The summed E-state index contributed by atoms with van der Waals surface area (Å²) in [6, 6.07) is 7.43. The molecular weight excluding hydrogens is 432 g/mol. The maximum Gasteiger partial charge on any atom is 0.573 e. The molecule has 1 amide bonds. The Labute approximate surface area is 181 Å². The van der Waals surface area contributed by atoms with Gasteiger partial charge in [0, 0.05) is 19.9 Å². The number of aromatic nitrogens is 3. The molecule has 32 heavy (non-hydrogen) atoms. The van der Waals surface area contributed by atoms with Crippen molar-refractivity contribution in [3.63, 3.8) is 0 Å². The van der Waals surface area contributed by atoms with E-state index in [9.17, 15) is 22.4 Å². The van der Waals surface area contributed by atoms with Gasteiger partial charge >= 0.3 is 6.36 Å². The number of nitrogens with one attached hydrogen (secondary N) is 1. The third-order valence-corrected chi connectivity index (χ3v) is 4.54. The van der Waals surface area contributed by atoms with Crippen LogP contribution < -0.4 is 10.1 Å². The highest BCUT2D eigenvalue weighted by Crippen LogP contribution is 2.28. The minimum Gasteiger partial charge on any atom is -0.403 e. The van der Waals surface area contributed by atoms with Gasteiger partial charge in [-0.3, -0.25) is 14.5 Å². The summed E-state index contributed by atoms with van der Waals surface area (Å²) < 4.78 is 61.5. The molecule has 1 aromatic carbocycles. The Morgan fingerprint density at radius 3 is 2.62 bits per heavy atom. The molecule has 0 unspecified atom stereocenters. The number of hydrogen-bond acceptors (Lipinski definition) is 5. The average molecular weight is 452 g/mol. The van der Waals surface area contributed by atoms with Crippen LogP contribution >= 0.6 is 0 Å². The van der Waals surface area contributed by atoms with E-state index in [4.69, 9.17) is 4.74 Å². The van der Waals surface area contributed by atoms with Crippen LogP contribution in [-0.4, -0.2) is 40.8 Å².